The third-order valence-electron chi connectivity index (χ3n) is 8.25. The highest BCUT2D eigenvalue weighted by Crippen LogP contribution is 2.55. The fourth-order valence-electron chi connectivity index (χ4n) is 6.91. The number of allylic oxidation sites excluding steroid dienone is 1. The van der Waals surface area contributed by atoms with Gasteiger partial charge in [0.25, 0.3) is 0 Å². The Hall–Kier alpha value is -1.39. The van der Waals surface area contributed by atoms with Crippen molar-refractivity contribution in [2.24, 2.45) is 29.6 Å². The topological polar surface area (TPSA) is 0 Å². The molecule has 0 nitrogen and oxygen atoms in total. The van der Waals surface area contributed by atoms with E-state index in [1.807, 2.05) is 6.08 Å². The maximum Gasteiger partial charge on any atom is 0.422 e. The predicted molar refractivity (Wildman–Crippen MR) is 108 cm³/mol. The maximum atomic E-state index is 14.1. The number of hydrogen-bond acceptors (Lipinski definition) is 0. The SMILES string of the molecule is C=CCC[C@@H]1CC[C@H]2[C@H](CC[C@H]3CC(c4cc(F)c(C(F)(F)F)c(F)c4)CC[C@@H]32)C1. The molecule has 4 rings (SSSR count). The van der Waals surface area contributed by atoms with Gasteiger partial charge >= 0.3 is 6.18 Å². The molecule has 1 aromatic carbocycles. The van der Waals surface area contributed by atoms with Gasteiger partial charge in [-0.1, -0.05) is 12.5 Å². The first-order chi connectivity index (χ1) is 14.3. The number of hydrogen-bond donors (Lipinski definition) is 0. The molecular weight excluding hydrogens is 395 g/mol. The Morgan fingerprint density at radius 1 is 0.867 bits per heavy atom. The molecule has 0 heterocycles. The lowest BCUT2D eigenvalue weighted by Crippen LogP contribution is -2.41. The van der Waals surface area contributed by atoms with Gasteiger partial charge in [0.2, 0.25) is 0 Å². The van der Waals surface area contributed by atoms with Crippen LogP contribution in [0.2, 0.25) is 0 Å². The summed E-state index contributed by atoms with van der Waals surface area (Å²) < 4.78 is 66.8. The van der Waals surface area contributed by atoms with Crippen LogP contribution in [-0.2, 0) is 6.18 Å². The van der Waals surface area contributed by atoms with Gasteiger partial charge in [0.1, 0.15) is 17.2 Å². The number of halogens is 5. The van der Waals surface area contributed by atoms with Crippen LogP contribution < -0.4 is 0 Å². The van der Waals surface area contributed by atoms with Crippen LogP contribution in [0.15, 0.2) is 24.8 Å². The van der Waals surface area contributed by atoms with Crippen molar-refractivity contribution in [2.45, 2.75) is 76.3 Å². The second kappa shape index (κ2) is 8.63. The quantitative estimate of drug-likeness (QED) is 0.336. The Labute approximate surface area is 175 Å². The average Bonchev–Trinajstić information content (AvgIpc) is 2.69. The standard InChI is InChI=1S/C25H31F5/c1-2-3-4-15-5-9-20-17(11-15)6-7-18-12-16(8-10-21(18)20)19-13-22(26)24(23(27)14-19)25(28,29)30/h2,13-18,20-21H,1,3-12H2/t15-,16?,17-,18+,20+,21+/m1/s1. The molecule has 1 unspecified atom stereocenters. The van der Waals surface area contributed by atoms with Crippen LogP contribution >= 0.6 is 0 Å². The number of alkyl halides is 3. The second-order valence-corrected chi connectivity index (χ2v) is 9.84. The van der Waals surface area contributed by atoms with Crippen LogP contribution in [0.5, 0.6) is 0 Å². The first kappa shape index (κ1) is 21.8. The molecule has 30 heavy (non-hydrogen) atoms. The van der Waals surface area contributed by atoms with Gasteiger partial charge in [-0.25, -0.2) is 8.78 Å². The highest BCUT2D eigenvalue weighted by molar-refractivity contribution is 5.31. The fourth-order valence-corrected chi connectivity index (χ4v) is 6.91. The lowest BCUT2D eigenvalue weighted by molar-refractivity contribution is -0.142. The Morgan fingerprint density at radius 3 is 2.07 bits per heavy atom. The predicted octanol–water partition coefficient (Wildman–Crippen LogP) is 8.28. The van der Waals surface area contributed by atoms with Crippen LogP contribution in [0.25, 0.3) is 0 Å². The van der Waals surface area contributed by atoms with E-state index >= 15 is 0 Å². The van der Waals surface area contributed by atoms with E-state index in [1.54, 1.807) is 0 Å². The largest absolute Gasteiger partial charge is 0.422 e. The van der Waals surface area contributed by atoms with E-state index in [9.17, 15) is 22.0 Å². The monoisotopic (exact) mass is 426 g/mol. The molecule has 3 fully saturated rings. The highest BCUT2D eigenvalue weighted by Gasteiger charge is 2.45. The summed E-state index contributed by atoms with van der Waals surface area (Å²) in [5.41, 5.74) is -1.37. The molecule has 0 radical (unpaired) electrons. The molecule has 0 amide bonds. The minimum absolute atomic E-state index is 0.0435. The van der Waals surface area contributed by atoms with Gasteiger partial charge in [0.05, 0.1) is 0 Å². The molecular formula is C25H31F5. The van der Waals surface area contributed by atoms with Crippen molar-refractivity contribution in [3.8, 4) is 0 Å². The van der Waals surface area contributed by atoms with Gasteiger partial charge in [-0.2, -0.15) is 13.2 Å². The zero-order chi connectivity index (χ0) is 21.5. The minimum Gasteiger partial charge on any atom is -0.206 e. The van der Waals surface area contributed by atoms with Gasteiger partial charge in [-0.15, -0.1) is 6.58 Å². The summed E-state index contributed by atoms with van der Waals surface area (Å²) in [5.74, 6) is 0.557. The number of benzene rings is 1. The first-order valence-corrected chi connectivity index (χ1v) is 11.4. The summed E-state index contributed by atoms with van der Waals surface area (Å²) >= 11 is 0. The van der Waals surface area contributed by atoms with E-state index in [0.29, 0.717) is 17.4 Å². The Kier molecular flexibility index (Phi) is 6.28. The smallest absolute Gasteiger partial charge is 0.206 e. The molecule has 1 aromatic rings. The number of fused-ring (bicyclic) bond motifs is 3. The molecule has 5 heteroatoms. The summed E-state index contributed by atoms with van der Waals surface area (Å²) in [6.07, 6.45) is 8.28. The average molecular weight is 427 g/mol. The molecule has 0 aliphatic heterocycles. The van der Waals surface area contributed by atoms with Crippen molar-refractivity contribution in [3.63, 3.8) is 0 Å². The van der Waals surface area contributed by atoms with Crippen LogP contribution in [0.4, 0.5) is 22.0 Å². The van der Waals surface area contributed by atoms with E-state index in [-0.39, 0.29) is 5.92 Å². The van der Waals surface area contributed by atoms with Crippen LogP contribution in [0.1, 0.15) is 81.3 Å². The molecule has 0 saturated heterocycles. The van der Waals surface area contributed by atoms with Crippen molar-refractivity contribution in [1.29, 1.82) is 0 Å². The van der Waals surface area contributed by atoms with E-state index in [4.69, 9.17) is 0 Å². The van der Waals surface area contributed by atoms with E-state index in [0.717, 1.165) is 62.0 Å². The van der Waals surface area contributed by atoms with Gasteiger partial charge in [-0.05, 0) is 111 Å². The van der Waals surface area contributed by atoms with Crippen molar-refractivity contribution < 1.29 is 22.0 Å². The molecule has 0 spiro atoms. The molecule has 166 valence electrons. The van der Waals surface area contributed by atoms with E-state index in [1.165, 1.54) is 32.1 Å². The van der Waals surface area contributed by atoms with Crippen molar-refractivity contribution in [1.82, 2.24) is 0 Å². The van der Waals surface area contributed by atoms with Gasteiger partial charge in [-0.3, -0.25) is 0 Å². The molecule has 3 aliphatic rings. The normalized spacial score (nSPS) is 34.2. The Morgan fingerprint density at radius 2 is 1.47 bits per heavy atom. The van der Waals surface area contributed by atoms with E-state index in [2.05, 4.69) is 6.58 Å². The molecule has 0 N–H and O–H groups in total. The first-order valence-electron chi connectivity index (χ1n) is 11.4. The Bertz CT molecular complexity index is 744. The summed E-state index contributed by atoms with van der Waals surface area (Å²) in [6.45, 7) is 3.84. The van der Waals surface area contributed by atoms with Crippen LogP contribution in [-0.4, -0.2) is 0 Å². The van der Waals surface area contributed by atoms with Crippen molar-refractivity contribution in [2.75, 3.05) is 0 Å². The van der Waals surface area contributed by atoms with Crippen LogP contribution in [0.3, 0.4) is 0 Å². The lowest BCUT2D eigenvalue weighted by Gasteiger charge is -2.51. The minimum atomic E-state index is -5.01. The third-order valence-corrected chi connectivity index (χ3v) is 8.25. The van der Waals surface area contributed by atoms with Crippen LogP contribution in [0, 0.1) is 41.2 Å². The summed E-state index contributed by atoms with van der Waals surface area (Å²) in [4.78, 5) is 0. The highest BCUT2D eigenvalue weighted by atomic mass is 19.4. The molecule has 3 aliphatic carbocycles. The second-order valence-electron chi connectivity index (χ2n) is 9.84. The lowest BCUT2D eigenvalue weighted by atomic mass is 9.55. The molecule has 0 bridgehead atoms. The number of rotatable bonds is 4. The van der Waals surface area contributed by atoms with Gasteiger partial charge in [0.15, 0.2) is 0 Å². The molecule has 6 atom stereocenters. The summed E-state index contributed by atoms with van der Waals surface area (Å²) in [6, 6.07) is 1.85. The van der Waals surface area contributed by atoms with E-state index < -0.39 is 23.4 Å². The zero-order valence-corrected chi connectivity index (χ0v) is 17.4. The van der Waals surface area contributed by atoms with Crippen molar-refractivity contribution >= 4 is 0 Å². The van der Waals surface area contributed by atoms with Gasteiger partial charge in [0, 0.05) is 0 Å². The van der Waals surface area contributed by atoms with Gasteiger partial charge < -0.3 is 0 Å². The molecule has 0 aromatic heterocycles. The fraction of sp³-hybridized carbons (Fsp3) is 0.680. The molecule has 3 saturated carbocycles. The van der Waals surface area contributed by atoms with Crippen molar-refractivity contribution in [3.05, 3.63) is 47.5 Å². The zero-order valence-electron chi connectivity index (χ0n) is 17.4. The maximum absolute atomic E-state index is 14.1. The summed E-state index contributed by atoms with van der Waals surface area (Å²) in [7, 11) is 0. The summed E-state index contributed by atoms with van der Waals surface area (Å²) in [5, 5.41) is 0. The Balaban J connectivity index is 1.43. The third kappa shape index (κ3) is 4.31.